The summed E-state index contributed by atoms with van der Waals surface area (Å²) in [4.78, 5) is 19.6. The molecule has 0 unspecified atom stereocenters. The normalized spacial score (nSPS) is 18.4. The number of amides is 1. The maximum Gasteiger partial charge on any atom is 0.243 e. The van der Waals surface area contributed by atoms with E-state index in [1.54, 1.807) is 24.3 Å². The first-order chi connectivity index (χ1) is 18.0. The molecule has 3 aliphatic heterocycles. The van der Waals surface area contributed by atoms with E-state index < -0.39 is 10.0 Å². The molecule has 4 heterocycles. The lowest BCUT2D eigenvalue weighted by Crippen LogP contribution is -2.38. The summed E-state index contributed by atoms with van der Waals surface area (Å²) in [7, 11) is -3.46. The number of likely N-dealkylation sites (tertiary alicyclic amines) is 1. The molecule has 1 amide bonds. The highest BCUT2D eigenvalue weighted by atomic mass is 32.2. The van der Waals surface area contributed by atoms with E-state index >= 15 is 0 Å². The summed E-state index contributed by atoms with van der Waals surface area (Å²) >= 11 is 0. The second kappa shape index (κ2) is 9.79. The molecule has 0 spiro atoms. The minimum atomic E-state index is -3.46. The Bertz CT molecular complexity index is 1390. The molecule has 11 heteroatoms. The van der Waals surface area contributed by atoms with E-state index in [1.807, 2.05) is 23.1 Å². The summed E-state index contributed by atoms with van der Waals surface area (Å²) in [5, 5.41) is 4.12. The Hall–Kier alpha value is -3.44. The predicted octanol–water partition coefficient (Wildman–Crippen LogP) is 3.20. The highest BCUT2D eigenvalue weighted by Gasteiger charge is 2.29. The Morgan fingerprint density at radius 1 is 0.946 bits per heavy atom. The minimum absolute atomic E-state index is 0.0747. The molecule has 0 aliphatic carbocycles. The summed E-state index contributed by atoms with van der Waals surface area (Å²) in [6.45, 7) is 2.59. The number of carbonyl (C=O) groups is 1. The van der Waals surface area contributed by atoms with Crippen molar-refractivity contribution in [3.05, 3.63) is 53.9 Å². The maximum absolute atomic E-state index is 12.8. The van der Waals surface area contributed by atoms with Crippen molar-refractivity contribution in [2.75, 3.05) is 33.0 Å². The lowest BCUT2D eigenvalue weighted by Gasteiger charge is -2.30. The van der Waals surface area contributed by atoms with Crippen molar-refractivity contribution >= 4 is 15.9 Å². The minimum Gasteiger partial charge on any atom is -0.454 e. The molecule has 10 nitrogen and oxygen atoms in total. The molecule has 3 aliphatic rings. The van der Waals surface area contributed by atoms with Gasteiger partial charge in [-0.15, -0.1) is 0 Å². The lowest BCUT2D eigenvalue weighted by molar-refractivity contribution is -0.131. The van der Waals surface area contributed by atoms with Crippen molar-refractivity contribution in [1.29, 1.82) is 0 Å². The van der Waals surface area contributed by atoms with Gasteiger partial charge in [0.15, 0.2) is 11.5 Å². The van der Waals surface area contributed by atoms with Crippen LogP contribution in [-0.4, -0.2) is 66.6 Å². The van der Waals surface area contributed by atoms with Crippen LogP contribution in [0.4, 0.5) is 0 Å². The third kappa shape index (κ3) is 4.80. The molecule has 2 saturated heterocycles. The van der Waals surface area contributed by atoms with E-state index in [0.717, 1.165) is 31.2 Å². The number of aromatic nitrogens is 2. The van der Waals surface area contributed by atoms with Gasteiger partial charge in [-0.2, -0.15) is 9.29 Å². The van der Waals surface area contributed by atoms with Crippen LogP contribution in [0.2, 0.25) is 0 Å². The van der Waals surface area contributed by atoms with Gasteiger partial charge in [-0.05, 0) is 67.6 Å². The molecule has 0 radical (unpaired) electrons. The SMILES string of the molecule is O=C(Cc1ccc2c(c1)OCO2)N1CCC(c2nc(-c3ccc(S(=O)(=O)N4CCCC4)cc3)no2)CC1. The Kier molecular flexibility index (Phi) is 6.33. The number of fused-ring (bicyclic) bond motifs is 1. The molecule has 0 saturated carbocycles. The number of hydrogen-bond donors (Lipinski definition) is 0. The number of rotatable bonds is 6. The fraction of sp³-hybridized carbons (Fsp3) is 0.423. The maximum atomic E-state index is 12.8. The van der Waals surface area contributed by atoms with Gasteiger partial charge < -0.3 is 18.9 Å². The van der Waals surface area contributed by atoms with E-state index in [4.69, 9.17) is 14.0 Å². The molecule has 2 aromatic carbocycles. The van der Waals surface area contributed by atoms with Gasteiger partial charge >= 0.3 is 0 Å². The second-order valence-electron chi connectivity index (χ2n) is 9.61. The van der Waals surface area contributed by atoms with Crippen molar-refractivity contribution in [3.8, 4) is 22.9 Å². The van der Waals surface area contributed by atoms with Crippen LogP contribution in [0, 0.1) is 0 Å². The summed E-state index contributed by atoms with van der Waals surface area (Å²) in [5.74, 6) is 2.52. The van der Waals surface area contributed by atoms with Crippen LogP contribution in [0.3, 0.4) is 0 Å². The molecular formula is C26H28N4O6S. The van der Waals surface area contributed by atoms with E-state index in [0.29, 0.717) is 61.4 Å². The zero-order chi connectivity index (χ0) is 25.4. The van der Waals surface area contributed by atoms with Gasteiger partial charge in [0, 0.05) is 37.7 Å². The topological polar surface area (TPSA) is 115 Å². The number of carbonyl (C=O) groups excluding carboxylic acids is 1. The highest BCUT2D eigenvalue weighted by Crippen LogP contribution is 2.33. The van der Waals surface area contributed by atoms with Crippen molar-refractivity contribution in [1.82, 2.24) is 19.3 Å². The Morgan fingerprint density at radius 2 is 1.68 bits per heavy atom. The number of hydrogen-bond acceptors (Lipinski definition) is 8. The molecule has 37 heavy (non-hydrogen) atoms. The molecule has 2 fully saturated rings. The second-order valence-corrected chi connectivity index (χ2v) is 11.5. The molecule has 0 atom stereocenters. The third-order valence-corrected chi connectivity index (χ3v) is 9.16. The van der Waals surface area contributed by atoms with Crippen molar-refractivity contribution < 1.29 is 27.2 Å². The fourth-order valence-electron chi connectivity index (χ4n) is 5.08. The Labute approximate surface area is 215 Å². The largest absolute Gasteiger partial charge is 0.454 e. The van der Waals surface area contributed by atoms with Gasteiger partial charge in [0.1, 0.15) is 0 Å². The molecule has 1 aromatic heterocycles. The zero-order valence-corrected chi connectivity index (χ0v) is 21.2. The summed E-state index contributed by atoms with van der Waals surface area (Å²) in [6, 6.07) is 12.2. The van der Waals surface area contributed by atoms with Crippen LogP contribution in [0.1, 0.15) is 43.1 Å². The van der Waals surface area contributed by atoms with Crippen molar-refractivity contribution in [2.24, 2.45) is 0 Å². The lowest BCUT2D eigenvalue weighted by atomic mass is 9.96. The quantitative estimate of drug-likeness (QED) is 0.483. The van der Waals surface area contributed by atoms with Crippen LogP contribution >= 0.6 is 0 Å². The first-order valence-electron chi connectivity index (χ1n) is 12.6. The molecule has 6 rings (SSSR count). The number of nitrogens with zero attached hydrogens (tertiary/aromatic N) is 4. The molecule has 0 bridgehead atoms. The van der Waals surface area contributed by atoms with Gasteiger partial charge in [-0.1, -0.05) is 11.2 Å². The summed E-state index contributed by atoms with van der Waals surface area (Å²) in [6.07, 6.45) is 3.59. The molecule has 0 N–H and O–H groups in total. The van der Waals surface area contributed by atoms with Gasteiger partial charge in [-0.25, -0.2) is 8.42 Å². The zero-order valence-electron chi connectivity index (χ0n) is 20.3. The third-order valence-electron chi connectivity index (χ3n) is 7.25. The first kappa shape index (κ1) is 23.9. The molecule has 3 aromatic rings. The number of sulfonamides is 1. The van der Waals surface area contributed by atoms with Gasteiger partial charge in [0.2, 0.25) is 34.4 Å². The van der Waals surface area contributed by atoms with Crippen molar-refractivity contribution in [3.63, 3.8) is 0 Å². The smallest absolute Gasteiger partial charge is 0.243 e. The Balaban J connectivity index is 1.05. The van der Waals surface area contributed by atoms with Gasteiger partial charge in [-0.3, -0.25) is 4.79 Å². The van der Waals surface area contributed by atoms with Gasteiger partial charge in [0.25, 0.3) is 0 Å². The fourth-order valence-corrected chi connectivity index (χ4v) is 6.60. The predicted molar refractivity (Wildman–Crippen MR) is 133 cm³/mol. The van der Waals surface area contributed by atoms with Crippen LogP contribution < -0.4 is 9.47 Å². The molecule has 194 valence electrons. The van der Waals surface area contributed by atoms with Crippen LogP contribution in [0.15, 0.2) is 51.9 Å². The van der Waals surface area contributed by atoms with E-state index in [1.165, 1.54) is 4.31 Å². The monoisotopic (exact) mass is 524 g/mol. The first-order valence-corrected chi connectivity index (χ1v) is 14.0. The average Bonchev–Trinajstić information content (AvgIpc) is 3.71. The molecular weight excluding hydrogens is 496 g/mol. The van der Waals surface area contributed by atoms with E-state index in [-0.39, 0.29) is 23.5 Å². The van der Waals surface area contributed by atoms with E-state index in [9.17, 15) is 13.2 Å². The van der Waals surface area contributed by atoms with Gasteiger partial charge in [0.05, 0.1) is 11.3 Å². The van der Waals surface area contributed by atoms with Crippen molar-refractivity contribution in [2.45, 2.75) is 42.9 Å². The van der Waals surface area contributed by atoms with Crippen LogP contribution in [0.5, 0.6) is 11.5 Å². The summed E-state index contributed by atoms with van der Waals surface area (Å²) in [5.41, 5.74) is 1.60. The number of benzene rings is 2. The van der Waals surface area contributed by atoms with Crippen LogP contribution in [0.25, 0.3) is 11.4 Å². The standard InChI is InChI=1S/C26H28N4O6S/c31-24(16-18-3-8-22-23(15-18)35-17-34-22)29-13-9-20(10-14-29)26-27-25(28-36-26)19-4-6-21(7-5-19)37(32,33)30-11-1-2-12-30/h3-8,15,20H,1-2,9-14,16-17H2. The highest BCUT2D eigenvalue weighted by molar-refractivity contribution is 7.89. The average molecular weight is 525 g/mol. The number of ether oxygens (including phenoxy) is 2. The summed E-state index contributed by atoms with van der Waals surface area (Å²) < 4.78 is 43.3. The number of piperidine rings is 1. The van der Waals surface area contributed by atoms with E-state index in [2.05, 4.69) is 10.1 Å². The van der Waals surface area contributed by atoms with Crippen LogP contribution in [-0.2, 0) is 21.2 Å². The Morgan fingerprint density at radius 3 is 2.43 bits per heavy atom.